The number of aromatic nitrogens is 2. The van der Waals surface area contributed by atoms with E-state index in [1.165, 1.54) is 18.3 Å². The topological polar surface area (TPSA) is 91.7 Å². The molecule has 0 amide bonds. The maximum absolute atomic E-state index is 13.1. The highest BCUT2D eigenvalue weighted by Gasteiger charge is 2.44. The predicted octanol–water partition coefficient (Wildman–Crippen LogP) is 3.22. The fraction of sp³-hybridized carbons (Fsp3) is 0.316. The van der Waals surface area contributed by atoms with E-state index in [-0.39, 0.29) is 18.2 Å². The summed E-state index contributed by atoms with van der Waals surface area (Å²) in [4.78, 5) is 12.6. The Morgan fingerprint density at radius 2 is 2.10 bits per heavy atom. The number of hydrogen-bond acceptors (Lipinski definition) is 7. The number of rotatable bonds is 9. The van der Waals surface area contributed by atoms with Crippen LogP contribution in [0.2, 0.25) is 0 Å². The third kappa shape index (κ3) is 5.10. The molecule has 1 aromatic carbocycles. The lowest BCUT2D eigenvalue weighted by atomic mass is 9.90. The van der Waals surface area contributed by atoms with Crippen LogP contribution >= 0.6 is 0 Å². The molecule has 0 bridgehead atoms. The number of nitrogens with zero attached hydrogens (tertiary/aromatic N) is 3. The summed E-state index contributed by atoms with van der Waals surface area (Å²) < 4.78 is 55.1. The van der Waals surface area contributed by atoms with Gasteiger partial charge in [-0.1, -0.05) is 6.07 Å². The van der Waals surface area contributed by atoms with Crippen molar-refractivity contribution >= 4 is 17.9 Å². The standard InChI is InChI=1S/C19H19F4N5O2/c20-16(21)19(22,23)30-14-3-1-2-13(12-14)27-17-25-7-4-15(28-17)18(26-10-11-29)5-8-24-9-6-18/h1-5,7-9,12,16,26,29H,6,10-11H2,(H,25,27,28). The minimum Gasteiger partial charge on any atom is -0.428 e. The van der Waals surface area contributed by atoms with Crippen LogP contribution in [0.25, 0.3) is 0 Å². The number of halogens is 4. The monoisotopic (exact) mass is 425 g/mol. The Morgan fingerprint density at radius 3 is 2.80 bits per heavy atom. The number of aliphatic hydroxyl groups excluding tert-OH is 1. The number of ether oxygens (including phenoxy) is 1. The van der Waals surface area contributed by atoms with E-state index < -0.39 is 23.8 Å². The molecule has 2 aromatic rings. The third-order valence-electron chi connectivity index (χ3n) is 4.23. The summed E-state index contributed by atoms with van der Waals surface area (Å²) in [6.07, 6.45) is -1.41. The van der Waals surface area contributed by atoms with E-state index >= 15 is 0 Å². The quantitative estimate of drug-likeness (QED) is 0.535. The Hall–Kier alpha value is -3.05. The zero-order valence-electron chi connectivity index (χ0n) is 15.6. The molecule has 1 unspecified atom stereocenters. The summed E-state index contributed by atoms with van der Waals surface area (Å²) in [5, 5.41) is 15.2. The molecule has 0 saturated heterocycles. The maximum Gasteiger partial charge on any atom is 0.461 e. The molecule has 1 aromatic heterocycles. The van der Waals surface area contributed by atoms with Crippen LogP contribution in [0.5, 0.6) is 5.75 Å². The lowest BCUT2D eigenvalue weighted by molar-refractivity contribution is -0.253. The molecule has 0 spiro atoms. The van der Waals surface area contributed by atoms with Gasteiger partial charge in [0.05, 0.1) is 17.8 Å². The largest absolute Gasteiger partial charge is 0.461 e. The van der Waals surface area contributed by atoms with Crippen LogP contribution in [0.1, 0.15) is 12.1 Å². The van der Waals surface area contributed by atoms with Gasteiger partial charge in [0.1, 0.15) is 5.75 Å². The van der Waals surface area contributed by atoms with Gasteiger partial charge in [-0.15, -0.1) is 0 Å². The second-order valence-electron chi connectivity index (χ2n) is 6.36. The highest BCUT2D eigenvalue weighted by atomic mass is 19.3. The van der Waals surface area contributed by atoms with Crippen molar-refractivity contribution in [2.24, 2.45) is 4.99 Å². The van der Waals surface area contributed by atoms with Crippen molar-refractivity contribution in [2.75, 3.05) is 18.5 Å². The van der Waals surface area contributed by atoms with Crippen molar-refractivity contribution in [3.63, 3.8) is 0 Å². The van der Waals surface area contributed by atoms with E-state index in [1.807, 2.05) is 6.08 Å². The normalized spacial score (nSPS) is 18.6. The first-order chi connectivity index (χ1) is 14.3. The SMILES string of the molecule is OCCNC1(c2ccnc(Nc3cccc(OC(F)(F)C(F)F)c3)n2)C=CN=CC1. The second-order valence-corrected chi connectivity index (χ2v) is 6.36. The van der Waals surface area contributed by atoms with E-state index in [9.17, 15) is 22.7 Å². The molecular formula is C19H19F4N5O2. The van der Waals surface area contributed by atoms with Crippen LogP contribution in [0.3, 0.4) is 0 Å². The van der Waals surface area contributed by atoms with Crippen molar-refractivity contribution in [1.29, 1.82) is 0 Å². The van der Waals surface area contributed by atoms with Gasteiger partial charge in [0.15, 0.2) is 0 Å². The molecular weight excluding hydrogens is 406 g/mol. The highest BCUT2D eigenvalue weighted by Crippen LogP contribution is 2.30. The number of alkyl halides is 4. The minimum absolute atomic E-state index is 0.0705. The number of aliphatic imine (C=N–C) groups is 1. The molecule has 2 heterocycles. The molecule has 0 radical (unpaired) electrons. The van der Waals surface area contributed by atoms with Crippen molar-refractivity contribution in [2.45, 2.75) is 24.5 Å². The van der Waals surface area contributed by atoms with E-state index in [4.69, 9.17) is 0 Å². The molecule has 1 atom stereocenters. The Labute approximate surface area is 169 Å². The molecule has 1 aliphatic heterocycles. The zero-order chi connectivity index (χ0) is 21.6. The fourth-order valence-corrected chi connectivity index (χ4v) is 2.82. The molecule has 7 nitrogen and oxygen atoms in total. The van der Waals surface area contributed by atoms with E-state index in [0.717, 1.165) is 12.1 Å². The summed E-state index contributed by atoms with van der Waals surface area (Å²) >= 11 is 0. The van der Waals surface area contributed by atoms with Crippen molar-refractivity contribution < 1.29 is 27.4 Å². The predicted molar refractivity (Wildman–Crippen MR) is 102 cm³/mol. The van der Waals surface area contributed by atoms with Gasteiger partial charge in [0.2, 0.25) is 5.95 Å². The summed E-state index contributed by atoms with van der Waals surface area (Å²) in [5.74, 6) is -0.277. The van der Waals surface area contributed by atoms with Crippen molar-refractivity contribution in [3.05, 3.63) is 54.5 Å². The lowest BCUT2D eigenvalue weighted by Gasteiger charge is -2.31. The first-order valence-corrected chi connectivity index (χ1v) is 8.95. The molecule has 160 valence electrons. The van der Waals surface area contributed by atoms with Crippen LogP contribution in [0.4, 0.5) is 29.2 Å². The van der Waals surface area contributed by atoms with Crippen LogP contribution in [0.15, 0.2) is 53.8 Å². The van der Waals surface area contributed by atoms with Gasteiger partial charge in [0, 0.05) is 43.3 Å². The Kier molecular flexibility index (Phi) is 6.63. The third-order valence-corrected chi connectivity index (χ3v) is 4.23. The van der Waals surface area contributed by atoms with Crippen LogP contribution in [0, 0.1) is 0 Å². The van der Waals surface area contributed by atoms with Gasteiger partial charge in [-0.3, -0.25) is 4.99 Å². The van der Waals surface area contributed by atoms with Gasteiger partial charge in [-0.2, -0.15) is 17.6 Å². The first-order valence-electron chi connectivity index (χ1n) is 8.95. The second kappa shape index (κ2) is 9.18. The molecule has 0 saturated carbocycles. The van der Waals surface area contributed by atoms with Crippen LogP contribution in [-0.4, -0.2) is 47.0 Å². The number of aliphatic hydroxyl groups is 1. The van der Waals surface area contributed by atoms with Gasteiger partial charge < -0.3 is 20.5 Å². The average molecular weight is 425 g/mol. The summed E-state index contributed by atoms with van der Waals surface area (Å²) in [6.45, 7) is 0.252. The highest BCUT2D eigenvalue weighted by molar-refractivity contribution is 5.64. The van der Waals surface area contributed by atoms with Gasteiger partial charge >= 0.3 is 12.5 Å². The number of nitrogens with one attached hydrogen (secondary N) is 2. The van der Waals surface area contributed by atoms with Crippen LogP contribution in [-0.2, 0) is 5.54 Å². The number of hydrogen-bond donors (Lipinski definition) is 3. The maximum atomic E-state index is 13.1. The Morgan fingerprint density at radius 1 is 1.27 bits per heavy atom. The Balaban J connectivity index is 1.81. The Bertz CT molecular complexity index is 925. The average Bonchev–Trinajstić information content (AvgIpc) is 2.73. The smallest absolute Gasteiger partial charge is 0.428 e. The lowest BCUT2D eigenvalue weighted by Crippen LogP contribution is -2.44. The number of anilines is 2. The van der Waals surface area contributed by atoms with Gasteiger partial charge in [0.25, 0.3) is 0 Å². The fourth-order valence-electron chi connectivity index (χ4n) is 2.82. The zero-order valence-corrected chi connectivity index (χ0v) is 15.6. The van der Waals surface area contributed by atoms with Crippen molar-refractivity contribution in [3.8, 4) is 5.75 Å². The molecule has 30 heavy (non-hydrogen) atoms. The first kappa shape index (κ1) is 21.7. The van der Waals surface area contributed by atoms with E-state index in [0.29, 0.717) is 18.7 Å². The molecule has 11 heteroatoms. The number of benzene rings is 1. The molecule has 1 aliphatic rings. The summed E-state index contributed by atoms with van der Waals surface area (Å²) in [6, 6.07) is 6.86. The molecule has 0 fully saturated rings. The van der Waals surface area contributed by atoms with Gasteiger partial charge in [-0.05, 0) is 24.3 Å². The minimum atomic E-state index is -4.60. The molecule has 0 aliphatic carbocycles. The molecule has 3 N–H and O–H groups in total. The van der Waals surface area contributed by atoms with Gasteiger partial charge in [-0.25, -0.2) is 9.97 Å². The van der Waals surface area contributed by atoms with Crippen molar-refractivity contribution in [1.82, 2.24) is 15.3 Å². The van der Waals surface area contributed by atoms with E-state index in [2.05, 4.69) is 30.3 Å². The van der Waals surface area contributed by atoms with E-state index in [1.54, 1.807) is 18.5 Å². The van der Waals surface area contributed by atoms with Crippen LogP contribution < -0.4 is 15.4 Å². The summed E-state index contributed by atoms with van der Waals surface area (Å²) in [7, 11) is 0. The molecule has 3 rings (SSSR count). The summed E-state index contributed by atoms with van der Waals surface area (Å²) in [5.41, 5.74) is 0.161.